The smallest absolute Gasteiger partial charge is 0.411 e. The number of fused-ring (bicyclic) bond motifs is 3. The summed E-state index contributed by atoms with van der Waals surface area (Å²) in [6, 6.07) is 16.3. The van der Waals surface area contributed by atoms with Gasteiger partial charge in [-0.3, -0.25) is 19.6 Å². The van der Waals surface area contributed by atoms with E-state index in [0.29, 0.717) is 25.1 Å². The summed E-state index contributed by atoms with van der Waals surface area (Å²) < 4.78 is 6.97. The van der Waals surface area contributed by atoms with E-state index in [0.717, 1.165) is 22.3 Å². The second-order valence-corrected chi connectivity index (χ2v) is 8.89. The first kappa shape index (κ1) is 22.6. The maximum absolute atomic E-state index is 12.6. The zero-order valence-corrected chi connectivity index (χ0v) is 19.1. The molecule has 180 valence electrons. The molecular formula is C26H26N4O5. The summed E-state index contributed by atoms with van der Waals surface area (Å²) in [5.74, 6) is -1.65. The zero-order chi connectivity index (χ0) is 24.4. The number of carbonyl (C=O) groups excluding carboxylic acids is 2. The highest BCUT2D eigenvalue weighted by molar-refractivity contribution is 5.85. The van der Waals surface area contributed by atoms with E-state index in [9.17, 15) is 19.5 Å². The summed E-state index contributed by atoms with van der Waals surface area (Å²) in [5.41, 5.74) is 5.00. The van der Waals surface area contributed by atoms with Crippen LogP contribution in [0.5, 0.6) is 0 Å². The Morgan fingerprint density at radius 3 is 2.43 bits per heavy atom. The Bertz CT molecular complexity index is 1220. The van der Waals surface area contributed by atoms with E-state index >= 15 is 0 Å². The van der Waals surface area contributed by atoms with Crippen molar-refractivity contribution in [2.24, 2.45) is 5.92 Å². The lowest BCUT2D eigenvalue weighted by Crippen LogP contribution is -2.43. The van der Waals surface area contributed by atoms with Gasteiger partial charge in [-0.15, -0.1) is 0 Å². The Morgan fingerprint density at radius 2 is 1.74 bits per heavy atom. The number of amides is 2. The molecule has 0 radical (unpaired) electrons. The number of anilines is 1. The molecular weight excluding hydrogens is 448 g/mol. The van der Waals surface area contributed by atoms with Crippen LogP contribution in [0.2, 0.25) is 0 Å². The molecule has 2 heterocycles. The Labute approximate surface area is 202 Å². The molecule has 0 bridgehead atoms. The van der Waals surface area contributed by atoms with Gasteiger partial charge in [0.05, 0.1) is 17.8 Å². The van der Waals surface area contributed by atoms with Gasteiger partial charge in [0.1, 0.15) is 13.2 Å². The monoisotopic (exact) mass is 474 g/mol. The normalized spacial score (nSPS) is 16.9. The van der Waals surface area contributed by atoms with E-state index in [1.807, 2.05) is 24.3 Å². The average Bonchev–Trinajstić information content (AvgIpc) is 3.44. The lowest BCUT2D eigenvalue weighted by atomic mass is 9.98. The van der Waals surface area contributed by atoms with Crippen molar-refractivity contribution in [3.05, 3.63) is 72.1 Å². The zero-order valence-electron chi connectivity index (χ0n) is 19.1. The quantitative estimate of drug-likeness (QED) is 0.565. The first-order chi connectivity index (χ1) is 17.0. The van der Waals surface area contributed by atoms with Gasteiger partial charge in [-0.1, -0.05) is 48.5 Å². The molecule has 3 aromatic rings. The molecule has 0 unspecified atom stereocenters. The number of benzene rings is 2. The van der Waals surface area contributed by atoms with Crippen molar-refractivity contribution in [2.75, 3.05) is 25.0 Å². The number of hydrogen-bond acceptors (Lipinski definition) is 5. The van der Waals surface area contributed by atoms with Crippen LogP contribution < -0.4 is 5.32 Å². The van der Waals surface area contributed by atoms with Crippen LogP contribution in [-0.4, -0.2) is 57.5 Å². The summed E-state index contributed by atoms with van der Waals surface area (Å²) in [4.78, 5) is 37.8. The van der Waals surface area contributed by atoms with Gasteiger partial charge >= 0.3 is 12.1 Å². The summed E-state index contributed by atoms with van der Waals surface area (Å²) in [6.45, 7) is 0.917. The number of ether oxygens (including phenoxy) is 1. The lowest BCUT2D eigenvalue weighted by Gasteiger charge is -2.30. The van der Waals surface area contributed by atoms with E-state index in [1.165, 1.54) is 10.9 Å². The number of piperidine rings is 1. The minimum absolute atomic E-state index is 0.0291. The average molecular weight is 475 g/mol. The third kappa shape index (κ3) is 4.75. The predicted octanol–water partition coefficient (Wildman–Crippen LogP) is 3.57. The molecule has 35 heavy (non-hydrogen) atoms. The first-order valence-corrected chi connectivity index (χ1v) is 11.6. The number of nitrogens with one attached hydrogen (secondary N) is 1. The number of nitrogens with zero attached hydrogens (tertiary/aromatic N) is 3. The molecule has 2 aromatic carbocycles. The van der Waals surface area contributed by atoms with Crippen molar-refractivity contribution in [1.82, 2.24) is 14.7 Å². The number of carbonyl (C=O) groups is 3. The molecule has 1 fully saturated rings. The Balaban J connectivity index is 1.16. The van der Waals surface area contributed by atoms with Gasteiger partial charge in [0.2, 0.25) is 5.91 Å². The van der Waals surface area contributed by atoms with E-state index < -0.39 is 18.0 Å². The van der Waals surface area contributed by atoms with Crippen LogP contribution >= 0.6 is 0 Å². The fraction of sp³-hybridized carbons (Fsp3) is 0.308. The molecule has 2 N–H and O–H groups in total. The molecule has 1 atom stereocenters. The van der Waals surface area contributed by atoms with Crippen LogP contribution in [0.1, 0.15) is 29.9 Å². The van der Waals surface area contributed by atoms with Crippen LogP contribution in [0.4, 0.5) is 10.5 Å². The highest BCUT2D eigenvalue weighted by Gasteiger charge is 2.30. The van der Waals surface area contributed by atoms with E-state index in [2.05, 4.69) is 34.7 Å². The van der Waals surface area contributed by atoms with E-state index in [-0.39, 0.29) is 31.5 Å². The number of aromatic nitrogens is 2. The largest absolute Gasteiger partial charge is 0.481 e. The number of carboxylic acid groups (broad SMARTS) is 1. The van der Waals surface area contributed by atoms with Crippen LogP contribution in [0.15, 0.2) is 60.9 Å². The van der Waals surface area contributed by atoms with Crippen molar-refractivity contribution in [2.45, 2.75) is 25.3 Å². The third-order valence-electron chi connectivity index (χ3n) is 6.64. The topological polar surface area (TPSA) is 114 Å². The van der Waals surface area contributed by atoms with Gasteiger partial charge in [0.25, 0.3) is 0 Å². The highest BCUT2D eigenvalue weighted by atomic mass is 16.5. The standard InChI is InChI=1S/C26H26N4O5/c31-24(29-11-5-6-17(13-29)25(32)33)15-30-14-18(12-27-30)28-26(34)35-16-23-21-9-3-1-7-19(21)20-8-2-4-10-22(20)23/h1-4,7-10,12,14,17,23H,5-6,11,13,15-16H2,(H,28,34)(H,32,33)/t17-/m1/s1. The van der Waals surface area contributed by atoms with Gasteiger partial charge in [0.15, 0.2) is 0 Å². The lowest BCUT2D eigenvalue weighted by molar-refractivity contribution is -0.145. The summed E-state index contributed by atoms with van der Waals surface area (Å²) >= 11 is 0. The number of hydrogen-bond donors (Lipinski definition) is 2. The number of carboxylic acids is 1. The van der Waals surface area contributed by atoms with Crippen LogP contribution in [0.25, 0.3) is 11.1 Å². The SMILES string of the molecule is O=C(Nc1cnn(CC(=O)N2CCC[C@@H](C(=O)O)C2)c1)OCC1c2ccccc2-c2ccccc21. The molecule has 2 amide bonds. The van der Waals surface area contributed by atoms with Gasteiger partial charge in [-0.05, 0) is 35.1 Å². The third-order valence-corrected chi connectivity index (χ3v) is 6.64. The van der Waals surface area contributed by atoms with Gasteiger partial charge in [-0.2, -0.15) is 5.10 Å². The van der Waals surface area contributed by atoms with Crippen molar-refractivity contribution < 1.29 is 24.2 Å². The van der Waals surface area contributed by atoms with Crippen molar-refractivity contribution in [3.8, 4) is 11.1 Å². The Morgan fingerprint density at radius 1 is 1.06 bits per heavy atom. The number of rotatable bonds is 6. The van der Waals surface area contributed by atoms with E-state index in [4.69, 9.17) is 4.74 Å². The maximum Gasteiger partial charge on any atom is 0.411 e. The van der Waals surface area contributed by atoms with Crippen LogP contribution in [0.3, 0.4) is 0 Å². The predicted molar refractivity (Wildman–Crippen MR) is 128 cm³/mol. The Hall–Kier alpha value is -4.14. The van der Waals surface area contributed by atoms with Gasteiger partial charge in [-0.25, -0.2) is 4.79 Å². The molecule has 9 nitrogen and oxygen atoms in total. The fourth-order valence-corrected chi connectivity index (χ4v) is 4.91. The minimum atomic E-state index is -0.879. The fourth-order valence-electron chi connectivity index (χ4n) is 4.91. The van der Waals surface area contributed by atoms with Gasteiger partial charge in [0, 0.05) is 25.2 Å². The number of likely N-dealkylation sites (tertiary alicyclic amines) is 1. The summed E-state index contributed by atoms with van der Waals surface area (Å²) in [7, 11) is 0. The molecule has 0 spiro atoms. The molecule has 5 rings (SSSR count). The summed E-state index contributed by atoms with van der Waals surface area (Å²) in [5, 5.41) is 16.0. The molecule has 1 aliphatic carbocycles. The second-order valence-electron chi connectivity index (χ2n) is 8.89. The van der Waals surface area contributed by atoms with Gasteiger partial charge < -0.3 is 14.7 Å². The van der Waals surface area contributed by atoms with Crippen molar-refractivity contribution in [1.29, 1.82) is 0 Å². The maximum atomic E-state index is 12.6. The Kier molecular flexibility index (Phi) is 6.22. The highest BCUT2D eigenvalue weighted by Crippen LogP contribution is 2.44. The molecule has 1 aliphatic heterocycles. The minimum Gasteiger partial charge on any atom is -0.481 e. The van der Waals surface area contributed by atoms with E-state index in [1.54, 1.807) is 11.1 Å². The molecule has 2 aliphatic rings. The second kappa shape index (κ2) is 9.61. The van der Waals surface area contributed by atoms with Crippen LogP contribution in [-0.2, 0) is 20.9 Å². The molecule has 1 aromatic heterocycles. The van der Waals surface area contributed by atoms with Crippen LogP contribution in [0, 0.1) is 5.92 Å². The molecule has 9 heteroatoms. The molecule has 0 saturated carbocycles. The number of aliphatic carboxylic acids is 1. The van der Waals surface area contributed by atoms with Crippen molar-refractivity contribution in [3.63, 3.8) is 0 Å². The molecule has 1 saturated heterocycles. The first-order valence-electron chi connectivity index (χ1n) is 11.6. The van der Waals surface area contributed by atoms with Crippen molar-refractivity contribution >= 4 is 23.7 Å². The summed E-state index contributed by atoms with van der Waals surface area (Å²) in [6.07, 6.45) is 3.65.